The normalized spacial score (nSPS) is 15.8. The number of alkyl halides is 3. The van der Waals surface area contributed by atoms with Crippen LogP contribution in [-0.2, 0) is 15.8 Å². The molecule has 0 saturated heterocycles. The molecule has 0 fully saturated rings. The minimum atomic E-state index is -4.65. The summed E-state index contributed by atoms with van der Waals surface area (Å²) in [6.07, 6.45) is -4.65. The van der Waals surface area contributed by atoms with Gasteiger partial charge in [-0.2, -0.15) is 18.4 Å². The van der Waals surface area contributed by atoms with Crippen molar-refractivity contribution in [2.75, 3.05) is 11.9 Å². The van der Waals surface area contributed by atoms with Crippen molar-refractivity contribution in [3.63, 3.8) is 0 Å². The zero-order valence-corrected chi connectivity index (χ0v) is 20.2. The third kappa shape index (κ3) is 5.30. The van der Waals surface area contributed by atoms with Crippen LogP contribution in [0.4, 0.5) is 23.7 Å². The number of hydrogen-bond acceptors (Lipinski definition) is 5. The molecule has 0 radical (unpaired) electrons. The topological polar surface area (TPSA) is 123 Å². The lowest BCUT2D eigenvalue weighted by atomic mass is 9.87. The van der Waals surface area contributed by atoms with Crippen LogP contribution in [0.5, 0.6) is 0 Å². The van der Waals surface area contributed by atoms with Gasteiger partial charge in [-0.3, -0.25) is 30.1 Å². The van der Waals surface area contributed by atoms with Crippen molar-refractivity contribution in [3.05, 3.63) is 76.0 Å². The summed E-state index contributed by atoms with van der Waals surface area (Å²) in [4.78, 5) is 52.6. The predicted molar refractivity (Wildman–Crippen MR) is 126 cm³/mol. The van der Waals surface area contributed by atoms with Crippen molar-refractivity contribution in [2.45, 2.75) is 33.0 Å². The molecule has 0 saturated carbocycles. The van der Waals surface area contributed by atoms with E-state index in [9.17, 15) is 37.6 Å². The van der Waals surface area contributed by atoms with Gasteiger partial charge in [0.25, 0.3) is 5.91 Å². The van der Waals surface area contributed by atoms with Gasteiger partial charge in [0.2, 0.25) is 5.91 Å². The molecule has 9 nitrogen and oxygen atoms in total. The number of allylic oxidation sites excluding steroid dienone is 1. The summed E-state index contributed by atoms with van der Waals surface area (Å²) < 4.78 is 40.0. The van der Waals surface area contributed by atoms with E-state index < -0.39 is 41.4 Å². The van der Waals surface area contributed by atoms with E-state index in [4.69, 9.17) is 0 Å². The second kappa shape index (κ2) is 10.1. The number of Topliss-reactive ketones (excluding diaryl/α,β-unsaturated/α-hetero) is 1. The monoisotopic (exact) mass is 513 g/mol. The summed E-state index contributed by atoms with van der Waals surface area (Å²) in [6.45, 7) is 3.83. The highest BCUT2D eigenvalue weighted by atomic mass is 19.4. The summed E-state index contributed by atoms with van der Waals surface area (Å²) >= 11 is 0. The zero-order valence-electron chi connectivity index (χ0n) is 20.2. The summed E-state index contributed by atoms with van der Waals surface area (Å²) in [7, 11) is 1.34. The second-order valence-corrected chi connectivity index (χ2v) is 8.28. The lowest BCUT2D eigenvalue weighted by Crippen LogP contribution is -2.49. The van der Waals surface area contributed by atoms with Gasteiger partial charge in [0.05, 0.1) is 28.9 Å². The fourth-order valence-electron chi connectivity index (χ4n) is 4.13. The fourth-order valence-corrected chi connectivity index (χ4v) is 4.13. The molecular weight excluding hydrogens is 491 g/mol. The average molecular weight is 513 g/mol. The highest BCUT2D eigenvalue weighted by Gasteiger charge is 2.41. The number of ketones is 1. The van der Waals surface area contributed by atoms with Gasteiger partial charge in [0.1, 0.15) is 0 Å². The molecular formula is C25H22F3N5O4. The lowest BCUT2D eigenvalue weighted by Gasteiger charge is -2.41. The Hall–Kier alpha value is -4.66. The Morgan fingerprint density at radius 3 is 2.30 bits per heavy atom. The number of anilines is 1. The minimum absolute atomic E-state index is 0.0535. The van der Waals surface area contributed by atoms with Crippen LogP contribution in [0, 0.1) is 11.3 Å². The summed E-state index contributed by atoms with van der Waals surface area (Å²) in [5.74, 6) is -1.85. The van der Waals surface area contributed by atoms with Gasteiger partial charge in [0, 0.05) is 30.8 Å². The van der Waals surface area contributed by atoms with Gasteiger partial charge < -0.3 is 4.90 Å². The Morgan fingerprint density at radius 1 is 1.05 bits per heavy atom. The van der Waals surface area contributed by atoms with Gasteiger partial charge in [-0.05, 0) is 49.7 Å². The molecule has 1 unspecified atom stereocenters. The van der Waals surface area contributed by atoms with Crippen LogP contribution >= 0.6 is 0 Å². The largest absolute Gasteiger partial charge is 0.416 e. The maximum Gasteiger partial charge on any atom is 0.416 e. The van der Waals surface area contributed by atoms with E-state index in [1.165, 1.54) is 52.1 Å². The van der Waals surface area contributed by atoms with E-state index in [1.54, 1.807) is 0 Å². The van der Waals surface area contributed by atoms with E-state index in [2.05, 4.69) is 10.9 Å². The number of urea groups is 1. The standard InChI is InChI=1S/C25H22F3N5O4/c1-13-21(14(2)34)22(19-9-8-16(12-29)10-20(19)23(36)31-30-15(3)35)32(4)24(37)33(13)18-7-5-6-17(11-18)25(26,27)28/h5-11,22H,1-4H3,(H,30,35)(H,31,36). The van der Waals surface area contributed by atoms with Gasteiger partial charge in [-0.15, -0.1) is 0 Å². The Labute approximate surface area is 210 Å². The van der Waals surface area contributed by atoms with Crippen LogP contribution in [0.15, 0.2) is 53.7 Å². The van der Waals surface area contributed by atoms with Crippen molar-refractivity contribution in [2.24, 2.45) is 0 Å². The Bertz CT molecular complexity index is 1380. The number of hydrogen-bond donors (Lipinski definition) is 2. The number of likely N-dealkylation sites (N-methyl/N-ethyl adjacent to an activating group) is 1. The lowest BCUT2D eigenvalue weighted by molar-refractivity contribution is -0.137. The molecule has 0 aromatic heterocycles. The maximum atomic E-state index is 13.5. The number of hydrazine groups is 1. The molecule has 2 aromatic carbocycles. The van der Waals surface area contributed by atoms with Crippen LogP contribution in [0.25, 0.3) is 0 Å². The minimum Gasteiger partial charge on any atom is -0.316 e. The summed E-state index contributed by atoms with van der Waals surface area (Å²) in [5.41, 5.74) is 3.60. The first-order valence-electron chi connectivity index (χ1n) is 10.8. The third-order valence-electron chi connectivity index (χ3n) is 5.76. The van der Waals surface area contributed by atoms with E-state index in [0.717, 1.165) is 28.0 Å². The fraction of sp³-hybridized carbons (Fsp3) is 0.240. The van der Waals surface area contributed by atoms with E-state index in [0.29, 0.717) is 0 Å². The number of nitrogens with one attached hydrogen (secondary N) is 2. The zero-order chi connectivity index (χ0) is 27.7. The molecule has 3 rings (SSSR count). The van der Waals surface area contributed by atoms with Gasteiger partial charge in [-0.25, -0.2) is 4.79 Å². The molecule has 1 aliphatic heterocycles. The van der Waals surface area contributed by atoms with E-state index >= 15 is 0 Å². The number of carbonyl (C=O) groups is 4. The number of carbonyl (C=O) groups excluding carboxylic acids is 4. The van der Waals surface area contributed by atoms with Gasteiger partial charge in [-0.1, -0.05) is 12.1 Å². The Morgan fingerprint density at radius 2 is 1.73 bits per heavy atom. The quantitative estimate of drug-likeness (QED) is 0.602. The van der Waals surface area contributed by atoms with Crippen LogP contribution < -0.4 is 15.8 Å². The van der Waals surface area contributed by atoms with Gasteiger partial charge >= 0.3 is 12.2 Å². The number of halogens is 3. The van der Waals surface area contributed by atoms with Gasteiger partial charge in [0.15, 0.2) is 5.78 Å². The molecule has 192 valence electrons. The smallest absolute Gasteiger partial charge is 0.316 e. The second-order valence-electron chi connectivity index (χ2n) is 8.28. The molecule has 0 bridgehead atoms. The number of amides is 4. The van der Waals surface area contributed by atoms with Crippen LogP contribution in [0.3, 0.4) is 0 Å². The predicted octanol–water partition coefficient (Wildman–Crippen LogP) is 3.83. The number of benzene rings is 2. The first-order chi connectivity index (χ1) is 17.3. The van der Waals surface area contributed by atoms with Crippen LogP contribution in [0.2, 0.25) is 0 Å². The highest BCUT2D eigenvalue weighted by molar-refractivity contribution is 6.06. The van der Waals surface area contributed by atoms with E-state index in [-0.39, 0.29) is 33.6 Å². The molecule has 37 heavy (non-hydrogen) atoms. The summed E-state index contributed by atoms with van der Waals surface area (Å²) in [5, 5.41) is 9.31. The van der Waals surface area contributed by atoms with Crippen molar-refractivity contribution >= 4 is 29.3 Å². The SMILES string of the molecule is CC(=O)NNC(=O)c1cc(C#N)ccc1C1C(C(C)=O)=C(C)N(c2cccc(C(F)(F)F)c2)C(=O)N1C. The number of rotatable bonds is 4. The molecule has 1 atom stereocenters. The third-order valence-corrected chi connectivity index (χ3v) is 5.76. The number of nitrogens with zero attached hydrogens (tertiary/aromatic N) is 3. The molecule has 1 aliphatic rings. The van der Waals surface area contributed by atoms with Crippen molar-refractivity contribution in [1.29, 1.82) is 5.26 Å². The van der Waals surface area contributed by atoms with Crippen molar-refractivity contribution in [3.8, 4) is 6.07 Å². The molecule has 1 heterocycles. The first-order valence-corrected chi connectivity index (χ1v) is 10.8. The molecule has 2 N–H and O–H groups in total. The Kier molecular flexibility index (Phi) is 7.38. The highest BCUT2D eigenvalue weighted by Crippen LogP contribution is 2.41. The molecule has 2 aromatic rings. The van der Waals surface area contributed by atoms with E-state index in [1.807, 2.05) is 6.07 Å². The van der Waals surface area contributed by atoms with Crippen molar-refractivity contribution in [1.82, 2.24) is 15.8 Å². The van der Waals surface area contributed by atoms with Crippen LogP contribution in [-0.4, -0.2) is 35.6 Å². The first kappa shape index (κ1) is 26.9. The summed E-state index contributed by atoms with van der Waals surface area (Å²) in [6, 6.07) is 8.24. The Balaban J connectivity index is 2.22. The maximum absolute atomic E-state index is 13.5. The van der Waals surface area contributed by atoms with Crippen LogP contribution in [0.1, 0.15) is 53.9 Å². The molecule has 0 aliphatic carbocycles. The molecule has 0 spiro atoms. The number of nitriles is 1. The van der Waals surface area contributed by atoms with Crippen molar-refractivity contribution < 1.29 is 32.3 Å². The molecule has 12 heteroatoms. The molecule has 4 amide bonds. The average Bonchev–Trinajstić information content (AvgIpc) is 2.83.